The van der Waals surface area contributed by atoms with Crippen LogP contribution in [0.2, 0.25) is 0 Å². The SMILES string of the molecule is CCCCN(CCN)C(=O)c1cccc2c1OCCO2. The van der Waals surface area contributed by atoms with E-state index in [4.69, 9.17) is 15.2 Å². The number of para-hydroxylation sites is 1. The Hall–Kier alpha value is -1.75. The van der Waals surface area contributed by atoms with Gasteiger partial charge in [-0.1, -0.05) is 19.4 Å². The van der Waals surface area contributed by atoms with E-state index in [-0.39, 0.29) is 5.91 Å². The minimum Gasteiger partial charge on any atom is -0.486 e. The zero-order valence-electron chi connectivity index (χ0n) is 11.9. The Labute approximate surface area is 119 Å². The van der Waals surface area contributed by atoms with Crippen molar-refractivity contribution in [3.63, 3.8) is 0 Å². The van der Waals surface area contributed by atoms with Gasteiger partial charge in [0.15, 0.2) is 11.5 Å². The summed E-state index contributed by atoms with van der Waals surface area (Å²) in [6.45, 7) is 4.84. The van der Waals surface area contributed by atoms with Crippen molar-refractivity contribution < 1.29 is 14.3 Å². The zero-order valence-corrected chi connectivity index (χ0v) is 11.9. The molecule has 2 N–H and O–H groups in total. The highest BCUT2D eigenvalue weighted by atomic mass is 16.6. The van der Waals surface area contributed by atoms with Gasteiger partial charge in [-0.2, -0.15) is 0 Å². The van der Waals surface area contributed by atoms with Crippen LogP contribution in [0.5, 0.6) is 11.5 Å². The molecule has 0 atom stereocenters. The lowest BCUT2D eigenvalue weighted by atomic mass is 10.1. The van der Waals surface area contributed by atoms with Crippen LogP contribution in [-0.2, 0) is 0 Å². The highest BCUT2D eigenvalue weighted by Crippen LogP contribution is 2.34. The van der Waals surface area contributed by atoms with Crippen LogP contribution in [0.3, 0.4) is 0 Å². The molecule has 1 aromatic rings. The van der Waals surface area contributed by atoms with E-state index < -0.39 is 0 Å². The molecule has 0 radical (unpaired) electrons. The first kappa shape index (κ1) is 14.7. The Morgan fingerprint density at radius 2 is 2.10 bits per heavy atom. The largest absolute Gasteiger partial charge is 0.486 e. The summed E-state index contributed by atoms with van der Waals surface area (Å²) in [7, 11) is 0. The van der Waals surface area contributed by atoms with Crippen molar-refractivity contribution in [2.75, 3.05) is 32.8 Å². The maximum Gasteiger partial charge on any atom is 0.257 e. The van der Waals surface area contributed by atoms with Gasteiger partial charge in [0.1, 0.15) is 13.2 Å². The van der Waals surface area contributed by atoms with E-state index in [1.165, 1.54) is 0 Å². The number of rotatable bonds is 6. The van der Waals surface area contributed by atoms with E-state index in [1.807, 2.05) is 12.1 Å². The number of unbranched alkanes of at least 4 members (excludes halogenated alkanes) is 1. The quantitative estimate of drug-likeness (QED) is 0.859. The van der Waals surface area contributed by atoms with Gasteiger partial charge >= 0.3 is 0 Å². The number of carbonyl (C=O) groups excluding carboxylic acids is 1. The molecule has 0 bridgehead atoms. The molecule has 1 amide bonds. The van der Waals surface area contributed by atoms with Gasteiger partial charge in [0.25, 0.3) is 5.91 Å². The average molecular weight is 278 g/mol. The second-order valence-corrected chi connectivity index (χ2v) is 4.76. The van der Waals surface area contributed by atoms with E-state index in [0.717, 1.165) is 19.4 Å². The summed E-state index contributed by atoms with van der Waals surface area (Å²) in [6.07, 6.45) is 2.01. The number of nitrogens with two attached hydrogens (primary N) is 1. The van der Waals surface area contributed by atoms with Crippen LogP contribution in [-0.4, -0.2) is 43.7 Å². The van der Waals surface area contributed by atoms with Crippen LogP contribution in [0.4, 0.5) is 0 Å². The van der Waals surface area contributed by atoms with E-state index in [1.54, 1.807) is 11.0 Å². The third-order valence-corrected chi connectivity index (χ3v) is 3.26. The Morgan fingerprint density at radius 3 is 2.85 bits per heavy atom. The van der Waals surface area contributed by atoms with Crippen LogP contribution in [0.25, 0.3) is 0 Å². The van der Waals surface area contributed by atoms with Gasteiger partial charge in [0, 0.05) is 19.6 Å². The fourth-order valence-corrected chi connectivity index (χ4v) is 2.23. The summed E-state index contributed by atoms with van der Waals surface area (Å²) in [5.74, 6) is 1.17. The number of hydrogen-bond acceptors (Lipinski definition) is 4. The van der Waals surface area contributed by atoms with Crippen LogP contribution in [0.1, 0.15) is 30.1 Å². The first-order valence-corrected chi connectivity index (χ1v) is 7.16. The molecule has 1 aromatic carbocycles. The molecular formula is C15H22N2O3. The Balaban J connectivity index is 2.22. The lowest BCUT2D eigenvalue weighted by Crippen LogP contribution is -2.36. The number of nitrogens with zero attached hydrogens (tertiary/aromatic N) is 1. The molecule has 0 aliphatic carbocycles. The van der Waals surface area contributed by atoms with Gasteiger partial charge in [0.05, 0.1) is 5.56 Å². The second kappa shape index (κ2) is 7.14. The number of amides is 1. The fourth-order valence-electron chi connectivity index (χ4n) is 2.23. The van der Waals surface area contributed by atoms with Gasteiger partial charge in [-0.3, -0.25) is 4.79 Å². The van der Waals surface area contributed by atoms with Gasteiger partial charge < -0.3 is 20.1 Å². The van der Waals surface area contributed by atoms with Gasteiger partial charge in [-0.15, -0.1) is 0 Å². The Kier molecular flexibility index (Phi) is 5.24. The lowest BCUT2D eigenvalue weighted by molar-refractivity contribution is 0.0747. The molecule has 20 heavy (non-hydrogen) atoms. The van der Waals surface area contributed by atoms with Crippen molar-refractivity contribution in [2.45, 2.75) is 19.8 Å². The number of hydrogen-bond donors (Lipinski definition) is 1. The third kappa shape index (κ3) is 3.22. The molecular weight excluding hydrogens is 256 g/mol. The predicted octanol–water partition coefficient (Wildman–Crippen LogP) is 1.66. The molecule has 2 rings (SSSR count). The third-order valence-electron chi connectivity index (χ3n) is 3.26. The maximum absolute atomic E-state index is 12.6. The normalized spacial score (nSPS) is 13.1. The fraction of sp³-hybridized carbons (Fsp3) is 0.533. The molecule has 0 saturated carbocycles. The van der Waals surface area contributed by atoms with Crippen molar-refractivity contribution in [1.29, 1.82) is 0 Å². The molecule has 0 aromatic heterocycles. The summed E-state index contributed by atoms with van der Waals surface area (Å²) in [4.78, 5) is 14.4. The minimum absolute atomic E-state index is 0.0359. The number of fused-ring (bicyclic) bond motifs is 1. The molecule has 110 valence electrons. The average Bonchev–Trinajstić information content (AvgIpc) is 2.50. The Bertz CT molecular complexity index is 462. The summed E-state index contributed by atoms with van der Waals surface area (Å²) in [5, 5.41) is 0. The Morgan fingerprint density at radius 1 is 1.30 bits per heavy atom. The molecule has 0 unspecified atom stereocenters. The van der Waals surface area contributed by atoms with E-state index in [9.17, 15) is 4.79 Å². The van der Waals surface area contributed by atoms with Gasteiger partial charge in [-0.25, -0.2) is 0 Å². The topological polar surface area (TPSA) is 64.8 Å². The first-order valence-electron chi connectivity index (χ1n) is 7.16. The van der Waals surface area contributed by atoms with Crippen LogP contribution >= 0.6 is 0 Å². The molecule has 1 aliphatic heterocycles. The van der Waals surface area contributed by atoms with Crippen LogP contribution < -0.4 is 15.2 Å². The number of carbonyl (C=O) groups is 1. The summed E-state index contributed by atoms with van der Waals surface area (Å²) >= 11 is 0. The van der Waals surface area contributed by atoms with Crippen molar-refractivity contribution in [2.24, 2.45) is 5.73 Å². The molecule has 5 nitrogen and oxygen atoms in total. The zero-order chi connectivity index (χ0) is 14.4. The highest BCUT2D eigenvalue weighted by Gasteiger charge is 2.23. The predicted molar refractivity (Wildman–Crippen MR) is 77.3 cm³/mol. The molecule has 0 fully saturated rings. The standard InChI is InChI=1S/C15H22N2O3/c1-2-3-8-17(9-7-16)15(18)12-5-4-6-13-14(12)20-11-10-19-13/h4-6H,2-3,7-11,16H2,1H3. The van der Waals surface area contributed by atoms with Gasteiger partial charge in [0.2, 0.25) is 0 Å². The van der Waals surface area contributed by atoms with E-state index in [2.05, 4.69) is 6.92 Å². The summed E-state index contributed by atoms with van der Waals surface area (Å²) in [5.41, 5.74) is 6.17. The van der Waals surface area contributed by atoms with Crippen LogP contribution in [0.15, 0.2) is 18.2 Å². The van der Waals surface area contributed by atoms with Crippen molar-refractivity contribution >= 4 is 5.91 Å². The highest BCUT2D eigenvalue weighted by molar-refractivity contribution is 5.97. The van der Waals surface area contributed by atoms with E-state index in [0.29, 0.717) is 43.4 Å². The maximum atomic E-state index is 12.6. The van der Waals surface area contributed by atoms with E-state index >= 15 is 0 Å². The number of benzene rings is 1. The van der Waals surface area contributed by atoms with Crippen molar-refractivity contribution in [3.05, 3.63) is 23.8 Å². The molecule has 0 saturated heterocycles. The summed E-state index contributed by atoms with van der Waals surface area (Å²) < 4.78 is 11.1. The second-order valence-electron chi connectivity index (χ2n) is 4.76. The monoisotopic (exact) mass is 278 g/mol. The molecule has 5 heteroatoms. The molecule has 0 spiro atoms. The van der Waals surface area contributed by atoms with Crippen LogP contribution in [0, 0.1) is 0 Å². The van der Waals surface area contributed by atoms with Crippen molar-refractivity contribution in [1.82, 2.24) is 4.90 Å². The minimum atomic E-state index is -0.0359. The van der Waals surface area contributed by atoms with Gasteiger partial charge in [-0.05, 0) is 18.6 Å². The smallest absolute Gasteiger partial charge is 0.257 e. The lowest BCUT2D eigenvalue weighted by Gasteiger charge is -2.25. The first-order chi connectivity index (χ1) is 9.77. The number of ether oxygens (including phenoxy) is 2. The molecule has 1 aliphatic rings. The molecule has 1 heterocycles. The summed E-state index contributed by atoms with van der Waals surface area (Å²) in [6, 6.07) is 5.43. The van der Waals surface area contributed by atoms with Crippen molar-refractivity contribution in [3.8, 4) is 11.5 Å².